The highest BCUT2D eigenvalue weighted by Crippen LogP contribution is 2.44. The van der Waals surface area contributed by atoms with Gasteiger partial charge in [-0.2, -0.15) is 0 Å². The zero-order chi connectivity index (χ0) is 40.7. The van der Waals surface area contributed by atoms with E-state index in [1.807, 2.05) is 12.1 Å². The Morgan fingerprint density at radius 1 is 0.290 bits per heavy atom. The van der Waals surface area contributed by atoms with Crippen LogP contribution in [0.5, 0.6) is 0 Å². The van der Waals surface area contributed by atoms with E-state index in [2.05, 4.69) is 215 Å². The first-order valence-corrected chi connectivity index (χ1v) is 21.2. The van der Waals surface area contributed by atoms with Crippen LogP contribution in [-0.2, 0) is 0 Å². The van der Waals surface area contributed by atoms with E-state index >= 15 is 0 Å². The minimum Gasteiger partial charge on any atom is -0.309 e. The number of para-hydroxylation sites is 1. The molecule has 0 aliphatic carbocycles. The van der Waals surface area contributed by atoms with Crippen LogP contribution < -0.4 is 0 Å². The Balaban J connectivity index is 1.11. The summed E-state index contributed by atoms with van der Waals surface area (Å²) in [6, 6.07) is 78.6. The largest absolute Gasteiger partial charge is 0.309 e. The summed E-state index contributed by atoms with van der Waals surface area (Å²) in [5.74, 6) is 0.698. The Morgan fingerprint density at radius 2 is 0.839 bits per heavy atom. The van der Waals surface area contributed by atoms with Gasteiger partial charge in [0.15, 0.2) is 5.82 Å². The maximum atomic E-state index is 5.26. The molecule has 0 unspecified atom stereocenters. The molecule has 0 atom stereocenters. The topological polar surface area (TPSA) is 35.6 Å². The predicted octanol–water partition coefficient (Wildman–Crippen LogP) is 15.1. The minimum atomic E-state index is 0.698. The molecule has 0 radical (unpaired) electrons. The molecule has 13 rings (SSSR count). The molecule has 0 aliphatic heterocycles. The molecular formula is C58H36N4. The van der Waals surface area contributed by atoms with Crippen molar-refractivity contribution in [2.45, 2.75) is 0 Å². The highest BCUT2D eigenvalue weighted by atomic mass is 15.0. The van der Waals surface area contributed by atoms with Gasteiger partial charge < -0.3 is 9.13 Å². The number of rotatable bonds is 5. The second-order valence-corrected chi connectivity index (χ2v) is 16.1. The standard InChI is InChI=1S/C58H36N4/c1-3-18-39(19-4-1)49-35-50(40-20-5-2-6-21-40)60-58(59-49)46-31-33-53(44-26-12-11-25-43(44)46)61-52-28-14-13-27-45(52)47-34-48-56(36-55(47)61)62(51-29-15-22-37-16-7-9-23-41(37)51)54-32-30-38-17-8-10-24-42(38)57(48)54/h1-36H. The number of hydrogen-bond donors (Lipinski definition) is 0. The Morgan fingerprint density at radius 3 is 1.58 bits per heavy atom. The van der Waals surface area contributed by atoms with Crippen LogP contribution in [0.1, 0.15) is 0 Å². The molecule has 0 spiro atoms. The molecule has 4 nitrogen and oxygen atoms in total. The van der Waals surface area contributed by atoms with E-state index in [1.54, 1.807) is 0 Å². The third-order valence-corrected chi connectivity index (χ3v) is 12.7. The lowest BCUT2D eigenvalue weighted by atomic mass is 10.0. The molecule has 0 saturated carbocycles. The van der Waals surface area contributed by atoms with Crippen molar-refractivity contribution >= 4 is 75.9 Å². The van der Waals surface area contributed by atoms with Crippen LogP contribution in [0.3, 0.4) is 0 Å². The summed E-state index contributed by atoms with van der Waals surface area (Å²) >= 11 is 0. The molecule has 62 heavy (non-hydrogen) atoms. The first kappa shape index (κ1) is 34.5. The third kappa shape index (κ3) is 5.20. The highest BCUT2D eigenvalue weighted by Gasteiger charge is 2.22. The molecule has 4 heteroatoms. The van der Waals surface area contributed by atoms with Gasteiger partial charge in [-0.05, 0) is 70.1 Å². The third-order valence-electron chi connectivity index (χ3n) is 12.7. The fraction of sp³-hybridized carbons (Fsp3) is 0. The fourth-order valence-electron chi connectivity index (χ4n) is 9.93. The van der Waals surface area contributed by atoms with E-state index in [-0.39, 0.29) is 0 Å². The van der Waals surface area contributed by atoms with Crippen molar-refractivity contribution < 1.29 is 0 Å². The van der Waals surface area contributed by atoms with Crippen molar-refractivity contribution in [2.75, 3.05) is 0 Å². The first-order valence-electron chi connectivity index (χ1n) is 21.2. The molecule has 0 fully saturated rings. The molecule has 0 saturated heterocycles. The van der Waals surface area contributed by atoms with Gasteiger partial charge in [-0.1, -0.05) is 170 Å². The van der Waals surface area contributed by atoms with Gasteiger partial charge in [-0.3, -0.25) is 0 Å². The van der Waals surface area contributed by atoms with E-state index in [1.165, 1.54) is 59.8 Å². The van der Waals surface area contributed by atoms with Crippen LogP contribution >= 0.6 is 0 Å². The Hall–Kier alpha value is -8.34. The second-order valence-electron chi connectivity index (χ2n) is 16.1. The van der Waals surface area contributed by atoms with Gasteiger partial charge in [0.25, 0.3) is 0 Å². The predicted molar refractivity (Wildman–Crippen MR) is 260 cm³/mol. The minimum absolute atomic E-state index is 0.698. The molecule has 0 N–H and O–H groups in total. The zero-order valence-corrected chi connectivity index (χ0v) is 33.6. The van der Waals surface area contributed by atoms with Gasteiger partial charge in [0.05, 0.1) is 44.8 Å². The van der Waals surface area contributed by atoms with Gasteiger partial charge in [0.1, 0.15) is 0 Å². The van der Waals surface area contributed by atoms with Crippen molar-refractivity contribution in [3.05, 3.63) is 218 Å². The molecule has 3 heterocycles. The molecule has 13 aromatic rings. The molecular weight excluding hydrogens is 753 g/mol. The van der Waals surface area contributed by atoms with Crippen molar-refractivity contribution in [3.63, 3.8) is 0 Å². The number of benzene rings is 10. The summed E-state index contributed by atoms with van der Waals surface area (Å²) in [4.78, 5) is 10.5. The Kier molecular flexibility index (Phi) is 7.57. The quantitative estimate of drug-likeness (QED) is 0.174. The van der Waals surface area contributed by atoms with E-state index in [4.69, 9.17) is 9.97 Å². The normalized spacial score (nSPS) is 11.9. The van der Waals surface area contributed by atoms with Crippen molar-refractivity contribution in [2.24, 2.45) is 0 Å². The number of nitrogens with zero attached hydrogens (tertiary/aromatic N) is 4. The van der Waals surface area contributed by atoms with E-state index < -0.39 is 0 Å². The molecule has 0 bridgehead atoms. The van der Waals surface area contributed by atoms with E-state index in [0.717, 1.165) is 55.6 Å². The molecule has 288 valence electrons. The smallest absolute Gasteiger partial charge is 0.161 e. The van der Waals surface area contributed by atoms with Crippen LogP contribution in [0.4, 0.5) is 0 Å². The fourth-order valence-corrected chi connectivity index (χ4v) is 9.93. The Labute approximate surface area is 357 Å². The lowest BCUT2D eigenvalue weighted by Crippen LogP contribution is -2.00. The van der Waals surface area contributed by atoms with Crippen LogP contribution in [0.2, 0.25) is 0 Å². The number of hydrogen-bond acceptors (Lipinski definition) is 2. The van der Waals surface area contributed by atoms with E-state index in [9.17, 15) is 0 Å². The van der Waals surface area contributed by atoms with Crippen LogP contribution in [0.25, 0.3) is 121 Å². The van der Waals surface area contributed by atoms with Crippen molar-refractivity contribution in [3.8, 4) is 45.3 Å². The van der Waals surface area contributed by atoms with Gasteiger partial charge in [-0.15, -0.1) is 0 Å². The monoisotopic (exact) mass is 788 g/mol. The molecule has 10 aromatic carbocycles. The lowest BCUT2D eigenvalue weighted by Gasteiger charge is -2.16. The van der Waals surface area contributed by atoms with Gasteiger partial charge in [-0.25, -0.2) is 9.97 Å². The number of fused-ring (bicyclic) bond motifs is 10. The molecule has 0 amide bonds. The van der Waals surface area contributed by atoms with Crippen molar-refractivity contribution in [1.82, 2.24) is 19.1 Å². The second kappa shape index (κ2) is 13.6. The van der Waals surface area contributed by atoms with Gasteiger partial charge >= 0.3 is 0 Å². The highest BCUT2D eigenvalue weighted by molar-refractivity contribution is 6.26. The first-order chi connectivity index (χ1) is 30.8. The summed E-state index contributed by atoms with van der Waals surface area (Å²) in [7, 11) is 0. The summed E-state index contributed by atoms with van der Waals surface area (Å²) < 4.78 is 4.96. The zero-order valence-electron chi connectivity index (χ0n) is 33.6. The van der Waals surface area contributed by atoms with Crippen LogP contribution in [0.15, 0.2) is 218 Å². The summed E-state index contributed by atoms with van der Waals surface area (Å²) in [5, 5.41) is 12.1. The van der Waals surface area contributed by atoms with E-state index in [0.29, 0.717) is 5.82 Å². The average Bonchev–Trinajstić information content (AvgIpc) is 3.85. The molecule has 3 aromatic heterocycles. The number of aromatic nitrogens is 4. The molecule has 0 aliphatic rings. The maximum absolute atomic E-state index is 5.26. The Bertz CT molecular complexity index is 3850. The average molecular weight is 789 g/mol. The van der Waals surface area contributed by atoms with Crippen molar-refractivity contribution in [1.29, 1.82) is 0 Å². The SMILES string of the molecule is c1ccc(-c2cc(-c3ccccc3)nc(-c3ccc(-n4c5ccccc5c5cc6c7c8ccccc8ccc7n(-c7cccc8ccccc78)c6cc54)c4ccccc34)n2)cc1. The summed E-state index contributed by atoms with van der Waals surface area (Å²) in [6.45, 7) is 0. The maximum Gasteiger partial charge on any atom is 0.161 e. The van der Waals surface area contributed by atoms with Crippen LogP contribution in [0, 0.1) is 0 Å². The van der Waals surface area contributed by atoms with Gasteiger partial charge in [0, 0.05) is 49.0 Å². The van der Waals surface area contributed by atoms with Crippen LogP contribution in [-0.4, -0.2) is 19.1 Å². The summed E-state index contributed by atoms with van der Waals surface area (Å²) in [6.07, 6.45) is 0. The van der Waals surface area contributed by atoms with Gasteiger partial charge in [0.2, 0.25) is 0 Å². The summed E-state index contributed by atoms with van der Waals surface area (Å²) in [5.41, 5.74) is 11.8. The lowest BCUT2D eigenvalue weighted by molar-refractivity contribution is 1.17.